The van der Waals surface area contributed by atoms with Gasteiger partial charge in [-0.1, -0.05) is 12.1 Å². The maximum absolute atomic E-state index is 12.9. The number of amides is 2. The predicted octanol–water partition coefficient (Wildman–Crippen LogP) is 3.31. The molecular weight excluding hydrogens is 408 g/mol. The number of ether oxygens (including phenoxy) is 3. The smallest absolute Gasteiger partial charge is 0.253 e. The zero-order chi connectivity index (χ0) is 22.9. The number of rotatable bonds is 9. The average molecular weight is 441 g/mol. The summed E-state index contributed by atoms with van der Waals surface area (Å²) < 4.78 is 15.8. The Kier molecular flexibility index (Phi) is 8.36. The van der Waals surface area contributed by atoms with Gasteiger partial charge in [-0.2, -0.15) is 0 Å². The van der Waals surface area contributed by atoms with E-state index in [0.29, 0.717) is 55.5 Å². The predicted molar refractivity (Wildman–Crippen MR) is 122 cm³/mol. The Bertz CT molecular complexity index is 922. The van der Waals surface area contributed by atoms with E-state index < -0.39 is 0 Å². The first kappa shape index (κ1) is 23.4. The highest BCUT2D eigenvalue weighted by Crippen LogP contribution is 2.28. The Balaban J connectivity index is 1.41. The van der Waals surface area contributed by atoms with E-state index >= 15 is 0 Å². The summed E-state index contributed by atoms with van der Waals surface area (Å²) in [5.74, 6) is 2.38. The van der Waals surface area contributed by atoms with E-state index in [-0.39, 0.29) is 11.8 Å². The van der Waals surface area contributed by atoms with Gasteiger partial charge in [-0.05, 0) is 61.1 Å². The molecule has 1 fully saturated rings. The molecule has 1 heterocycles. The largest absolute Gasteiger partial charge is 0.497 e. The van der Waals surface area contributed by atoms with Crippen LogP contribution >= 0.6 is 0 Å². The van der Waals surface area contributed by atoms with Gasteiger partial charge in [-0.3, -0.25) is 9.59 Å². The first-order valence-corrected chi connectivity index (χ1v) is 10.9. The third-order valence-corrected chi connectivity index (χ3v) is 5.90. The van der Waals surface area contributed by atoms with Crippen LogP contribution in [0.1, 0.15) is 35.2 Å². The van der Waals surface area contributed by atoms with Gasteiger partial charge in [-0.15, -0.1) is 0 Å². The Morgan fingerprint density at radius 2 is 1.72 bits per heavy atom. The number of nitrogens with one attached hydrogen (secondary N) is 1. The maximum Gasteiger partial charge on any atom is 0.253 e. The summed E-state index contributed by atoms with van der Waals surface area (Å²) in [6.45, 7) is 2.00. The molecule has 2 amide bonds. The van der Waals surface area contributed by atoms with E-state index in [2.05, 4.69) is 5.32 Å². The molecule has 172 valence electrons. The van der Waals surface area contributed by atoms with Crippen LogP contribution in [0.15, 0.2) is 42.5 Å². The summed E-state index contributed by atoms with van der Waals surface area (Å²) in [6, 6.07) is 13.0. The number of piperidine rings is 1. The summed E-state index contributed by atoms with van der Waals surface area (Å²) >= 11 is 0. The van der Waals surface area contributed by atoms with Crippen LogP contribution in [-0.4, -0.2) is 57.7 Å². The third-order valence-electron chi connectivity index (χ3n) is 5.90. The minimum Gasteiger partial charge on any atom is -0.497 e. The number of aryl methyl sites for hydroxylation is 1. The fraction of sp³-hybridized carbons (Fsp3) is 0.440. The Morgan fingerprint density at radius 3 is 2.41 bits per heavy atom. The van der Waals surface area contributed by atoms with E-state index in [9.17, 15) is 9.59 Å². The SMILES string of the molecule is COc1cccc(CCC(=O)NCC2CCN(C(=O)c3ccc(OC)c(OC)c3)CC2)c1. The summed E-state index contributed by atoms with van der Waals surface area (Å²) in [7, 11) is 4.77. The van der Waals surface area contributed by atoms with Crippen molar-refractivity contribution in [1.82, 2.24) is 10.2 Å². The molecular formula is C25H32N2O5. The number of likely N-dealkylation sites (tertiary alicyclic amines) is 1. The van der Waals surface area contributed by atoms with Crippen LogP contribution in [0, 0.1) is 5.92 Å². The molecule has 0 radical (unpaired) electrons. The normalized spacial score (nSPS) is 14.0. The molecule has 0 spiro atoms. The van der Waals surface area contributed by atoms with E-state index in [4.69, 9.17) is 14.2 Å². The minimum atomic E-state index is -0.00766. The first-order valence-electron chi connectivity index (χ1n) is 10.9. The molecule has 0 atom stereocenters. The van der Waals surface area contributed by atoms with Crippen LogP contribution in [0.3, 0.4) is 0 Å². The topological polar surface area (TPSA) is 77.1 Å². The lowest BCUT2D eigenvalue weighted by Gasteiger charge is -2.32. The molecule has 3 rings (SSSR count). The molecule has 1 aliphatic heterocycles. The fourth-order valence-corrected chi connectivity index (χ4v) is 3.92. The molecule has 2 aromatic rings. The van der Waals surface area contributed by atoms with Crippen molar-refractivity contribution in [2.75, 3.05) is 41.0 Å². The van der Waals surface area contributed by atoms with Crippen molar-refractivity contribution < 1.29 is 23.8 Å². The van der Waals surface area contributed by atoms with Crippen molar-refractivity contribution in [2.45, 2.75) is 25.7 Å². The maximum atomic E-state index is 12.9. The van der Waals surface area contributed by atoms with Gasteiger partial charge in [0.15, 0.2) is 11.5 Å². The van der Waals surface area contributed by atoms with Crippen LogP contribution in [-0.2, 0) is 11.2 Å². The van der Waals surface area contributed by atoms with Crippen molar-refractivity contribution in [3.8, 4) is 17.2 Å². The summed E-state index contributed by atoms with van der Waals surface area (Å²) in [4.78, 5) is 27.0. The molecule has 1 saturated heterocycles. The second-order valence-corrected chi connectivity index (χ2v) is 7.96. The average Bonchev–Trinajstić information content (AvgIpc) is 2.85. The quantitative estimate of drug-likeness (QED) is 0.647. The van der Waals surface area contributed by atoms with Crippen LogP contribution in [0.25, 0.3) is 0 Å². The zero-order valence-electron chi connectivity index (χ0n) is 19.1. The Labute approximate surface area is 189 Å². The molecule has 0 aromatic heterocycles. The van der Waals surface area contributed by atoms with E-state index in [1.165, 1.54) is 0 Å². The number of benzene rings is 2. The minimum absolute atomic E-state index is 0.00766. The monoisotopic (exact) mass is 440 g/mol. The van der Waals surface area contributed by atoms with Gasteiger partial charge < -0.3 is 24.4 Å². The van der Waals surface area contributed by atoms with Gasteiger partial charge in [0.25, 0.3) is 5.91 Å². The number of carbonyl (C=O) groups is 2. The van der Waals surface area contributed by atoms with Crippen molar-refractivity contribution in [3.05, 3.63) is 53.6 Å². The second kappa shape index (κ2) is 11.4. The zero-order valence-corrected chi connectivity index (χ0v) is 19.1. The molecule has 7 heteroatoms. The van der Waals surface area contributed by atoms with E-state index in [0.717, 1.165) is 24.2 Å². The molecule has 7 nitrogen and oxygen atoms in total. The number of nitrogens with zero attached hydrogens (tertiary/aromatic N) is 1. The van der Waals surface area contributed by atoms with Crippen LogP contribution < -0.4 is 19.5 Å². The molecule has 32 heavy (non-hydrogen) atoms. The summed E-state index contributed by atoms with van der Waals surface area (Å²) in [5, 5.41) is 3.05. The first-order chi connectivity index (χ1) is 15.5. The number of hydrogen-bond donors (Lipinski definition) is 1. The molecule has 0 saturated carbocycles. The molecule has 0 bridgehead atoms. The van der Waals surface area contributed by atoms with Gasteiger partial charge in [-0.25, -0.2) is 0 Å². The fourth-order valence-electron chi connectivity index (χ4n) is 3.92. The van der Waals surface area contributed by atoms with Gasteiger partial charge in [0, 0.05) is 31.6 Å². The molecule has 1 N–H and O–H groups in total. The number of carbonyl (C=O) groups excluding carboxylic acids is 2. The van der Waals surface area contributed by atoms with E-state index in [1.807, 2.05) is 29.2 Å². The lowest BCUT2D eigenvalue weighted by molar-refractivity contribution is -0.121. The van der Waals surface area contributed by atoms with Crippen molar-refractivity contribution in [2.24, 2.45) is 5.92 Å². The van der Waals surface area contributed by atoms with Gasteiger partial charge in [0.2, 0.25) is 5.91 Å². The highest BCUT2D eigenvalue weighted by molar-refractivity contribution is 5.95. The Morgan fingerprint density at radius 1 is 0.969 bits per heavy atom. The Hall–Kier alpha value is -3.22. The molecule has 1 aliphatic rings. The van der Waals surface area contributed by atoms with Gasteiger partial charge in [0.1, 0.15) is 5.75 Å². The lowest BCUT2D eigenvalue weighted by atomic mass is 9.96. The summed E-state index contributed by atoms with van der Waals surface area (Å²) in [5.41, 5.74) is 1.67. The number of methoxy groups -OCH3 is 3. The highest BCUT2D eigenvalue weighted by atomic mass is 16.5. The highest BCUT2D eigenvalue weighted by Gasteiger charge is 2.24. The van der Waals surface area contributed by atoms with Crippen LogP contribution in [0.2, 0.25) is 0 Å². The number of hydrogen-bond acceptors (Lipinski definition) is 5. The second-order valence-electron chi connectivity index (χ2n) is 7.96. The van der Waals surface area contributed by atoms with E-state index in [1.54, 1.807) is 39.5 Å². The summed E-state index contributed by atoms with van der Waals surface area (Å²) in [6.07, 6.45) is 2.87. The standard InChI is InChI=1S/C25H32N2O5/c1-30-21-6-4-5-18(15-21)7-10-24(28)26-17-19-11-13-27(14-12-19)25(29)20-8-9-22(31-2)23(16-20)32-3/h4-6,8-9,15-16,19H,7,10-14,17H2,1-3H3,(H,26,28). The molecule has 2 aromatic carbocycles. The van der Waals surface area contributed by atoms with Crippen LogP contribution in [0.4, 0.5) is 0 Å². The van der Waals surface area contributed by atoms with Crippen molar-refractivity contribution >= 4 is 11.8 Å². The lowest BCUT2D eigenvalue weighted by Crippen LogP contribution is -2.41. The molecule has 0 unspecified atom stereocenters. The third kappa shape index (κ3) is 6.15. The van der Waals surface area contributed by atoms with Gasteiger partial charge in [0.05, 0.1) is 21.3 Å². The van der Waals surface area contributed by atoms with Gasteiger partial charge >= 0.3 is 0 Å². The van der Waals surface area contributed by atoms with Crippen molar-refractivity contribution in [1.29, 1.82) is 0 Å². The van der Waals surface area contributed by atoms with Crippen molar-refractivity contribution in [3.63, 3.8) is 0 Å². The molecule has 0 aliphatic carbocycles. The van der Waals surface area contributed by atoms with Crippen LogP contribution in [0.5, 0.6) is 17.2 Å².